The molecule has 2 aliphatic heterocycles. The molecule has 432 valence electrons. The van der Waals surface area contributed by atoms with Crippen molar-refractivity contribution in [3.63, 3.8) is 0 Å². The van der Waals surface area contributed by atoms with E-state index in [0.29, 0.717) is 39.3 Å². The van der Waals surface area contributed by atoms with Crippen molar-refractivity contribution >= 4 is 54.6 Å². The average Bonchev–Trinajstić information content (AvgIpc) is 1.62. The van der Waals surface area contributed by atoms with E-state index in [-0.39, 0.29) is 48.0 Å². The molecule has 2 fully saturated rings. The third kappa shape index (κ3) is 12.7. The number of benzene rings is 5. The predicted octanol–water partition coefficient (Wildman–Crippen LogP) is 6.47. The first-order chi connectivity index (χ1) is 40.7. The van der Waals surface area contributed by atoms with Gasteiger partial charge in [-0.25, -0.2) is 19.7 Å². The Balaban J connectivity index is 0.950. The normalized spacial score (nSPS) is 20.5. The van der Waals surface area contributed by atoms with Crippen molar-refractivity contribution in [3.05, 3.63) is 203 Å². The number of carbonyl (C=O) groups excluding carboxylic acids is 4. The molecule has 0 saturated carbocycles. The summed E-state index contributed by atoms with van der Waals surface area (Å²) < 4.78 is 65.2. The van der Waals surface area contributed by atoms with Gasteiger partial charge in [0.15, 0.2) is 41.6 Å². The van der Waals surface area contributed by atoms with E-state index >= 15 is 0 Å². The summed E-state index contributed by atoms with van der Waals surface area (Å²) in [5.74, 6) is -1.10. The summed E-state index contributed by atoms with van der Waals surface area (Å²) in [6, 6.07) is 41.9. The second-order valence-electron chi connectivity index (χ2n) is 19.4. The molecule has 2 amide bonds. The number of anilines is 2. The second kappa shape index (κ2) is 26.1. The van der Waals surface area contributed by atoms with Gasteiger partial charge in [-0.1, -0.05) is 91.0 Å². The lowest BCUT2D eigenvalue weighted by Crippen LogP contribution is -2.40. The highest BCUT2D eigenvalue weighted by Gasteiger charge is 2.54. The van der Waals surface area contributed by atoms with Crippen molar-refractivity contribution in [1.29, 1.82) is 0 Å². The standard InChI is InChI=1S/C59H55N8O16P/c1-35(68)19-28-46(69)82-50-44(81-56(48(50)70)66-30-29-45(64-58(66)74)63-54(72)36-13-7-4-8-14-36)32-79-84(75)83-51-43(80-57(49(51)71)67-34-62-47-52(60-33-61-53(47)67)65-55(73)37-15-9-5-10-16-37)31-78-59(38-17-11-6-12-18-38,39-20-24-41(76-2)25-21-39)40-22-26-42(77-3)27-23-40/h4-18,20-27,29-30,33-34,43-44,48-51,56-57,70-71H,19,28,31-32H2,1-3H3,(H-,60,61,63,64,65,72,73,74)/p+1/t43-,44-,48-,49-,50-,51-,56-,57-/m1/s1. The minimum absolute atomic E-state index is 0.0608. The Hall–Kier alpha value is -8.97. The highest BCUT2D eigenvalue weighted by molar-refractivity contribution is 7.33. The lowest BCUT2D eigenvalue weighted by atomic mass is 9.80. The molecule has 8 aromatic rings. The van der Waals surface area contributed by atoms with E-state index < -0.39 is 93.0 Å². The third-order valence-corrected chi connectivity index (χ3v) is 14.8. The van der Waals surface area contributed by atoms with Gasteiger partial charge in [-0.15, -0.1) is 9.05 Å². The Kier molecular flexibility index (Phi) is 18.1. The summed E-state index contributed by atoms with van der Waals surface area (Å²) in [6.07, 6.45) is -9.04. The summed E-state index contributed by atoms with van der Waals surface area (Å²) in [6.45, 7) is 0.213. The molecule has 25 heteroatoms. The molecule has 5 aromatic carbocycles. The van der Waals surface area contributed by atoms with Crippen LogP contribution in [0.1, 0.15) is 69.6 Å². The zero-order valence-electron chi connectivity index (χ0n) is 45.3. The van der Waals surface area contributed by atoms with E-state index in [0.717, 1.165) is 4.57 Å². The number of ketones is 1. The van der Waals surface area contributed by atoms with Crippen LogP contribution in [0.4, 0.5) is 11.6 Å². The Morgan fingerprint density at radius 2 is 1.20 bits per heavy atom. The number of imidazole rings is 1. The Morgan fingerprint density at radius 1 is 0.655 bits per heavy atom. The summed E-state index contributed by atoms with van der Waals surface area (Å²) in [4.78, 5) is 81.7. The van der Waals surface area contributed by atoms with Crippen molar-refractivity contribution in [2.24, 2.45) is 0 Å². The molecular weight excluding hydrogens is 1110 g/mol. The SMILES string of the molecule is COc1ccc(C(OC[C@H]2O[C@@H](n3cnc4c(NC(=O)c5ccccc5)ncnc43)[C@H](O)[C@@H]2O[P+](=O)OC[C@H]2O[C@@H](n3ccc(NC(=O)c4ccccc4)nc3=O)[C@H](O)[C@@H]2OC(=O)CCC(C)=O)(c2ccccc2)c2ccc(OC)cc2)cc1. The maximum absolute atomic E-state index is 14.4. The van der Waals surface area contributed by atoms with Crippen LogP contribution in [0.5, 0.6) is 11.5 Å². The molecule has 0 bridgehead atoms. The first kappa shape index (κ1) is 58.2. The molecule has 24 nitrogen and oxygen atoms in total. The number of Topliss-reactive ketones (excluding diaryl/α,β-unsaturated/α-hetero) is 1. The van der Waals surface area contributed by atoms with Crippen LogP contribution in [0.25, 0.3) is 11.2 Å². The minimum atomic E-state index is -3.31. The molecule has 4 N–H and O–H groups in total. The zero-order chi connectivity index (χ0) is 58.9. The number of fused-ring (bicyclic) bond motifs is 1. The zero-order valence-corrected chi connectivity index (χ0v) is 46.2. The topological polar surface area (TPSA) is 302 Å². The number of rotatable bonds is 23. The van der Waals surface area contributed by atoms with Crippen LogP contribution in [0, 0.1) is 0 Å². The van der Waals surface area contributed by atoms with Gasteiger partial charge in [0, 0.05) is 28.3 Å². The Labute approximate surface area is 480 Å². The molecule has 3 aromatic heterocycles. The fraction of sp³-hybridized carbons (Fsp3) is 0.271. The molecular formula is C59H56N8O16P+. The number of hydrogen-bond donors (Lipinski definition) is 4. The maximum Gasteiger partial charge on any atom is 0.697 e. The molecule has 9 atom stereocenters. The summed E-state index contributed by atoms with van der Waals surface area (Å²) in [5, 5.41) is 29.4. The van der Waals surface area contributed by atoms with Crippen LogP contribution >= 0.6 is 8.25 Å². The van der Waals surface area contributed by atoms with Crippen LogP contribution in [0.3, 0.4) is 0 Å². The smallest absolute Gasteiger partial charge is 0.497 e. The van der Waals surface area contributed by atoms with E-state index in [1.165, 1.54) is 36.4 Å². The van der Waals surface area contributed by atoms with Gasteiger partial charge in [0.1, 0.15) is 66.1 Å². The lowest BCUT2D eigenvalue weighted by molar-refractivity contribution is -0.157. The van der Waals surface area contributed by atoms with Crippen LogP contribution in [0.15, 0.2) is 169 Å². The fourth-order valence-electron chi connectivity index (χ4n) is 9.83. The van der Waals surface area contributed by atoms with Gasteiger partial charge in [-0.05, 0) is 78.2 Å². The Bertz CT molecular complexity index is 3650. The van der Waals surface area contributed by atoms with Gasteiger partial charge in [0.05, 0.1) is 33.6 Å². The van der Waals surface area contributed by atoms with Gasteiger partial charge in [-0.3, -0.25) is 23.5 Å². The third-order valence-electron chi connectivity index (χ3n) is 14.0. The lowest BCUT2D eigenvalue weighted by Gasteiger charge is -2.37. The van der Waals surface area contributed by atoms with Crippen molar-refractivity contribution < 1.29 is 71.4 Å². The summed E-state index contributed by atoms with van der Waals surface area (Å²) >= 11 is 0. The number of esters is 1. The van der Waals surface area contributed by atoms with Crippen molar-refractivity contribution in [1.82, 2.24) is 29.1 Å². The van der Waals surface area contributed by atoms with Gasteiger partial charge in [0.25, 0.3) is 11.8 Å². The number of aliphatic hydroxyl groups is 2. The number of methoxy groups -OCH3 is 2. The number of carbonyl (C=O) groups is 4. The first-order valence-corrected chi connectivity index (χ1v) is 27.4. The van der Waals surface area contributed by atoms with E-state index in [1.54, 1.807) is 99.1 Å². The first-order valence-electron chi connectivity index (χ1n) is 26.4. The van der Waals surface area contributed by atoms with E-state index in [9.17, 15) is 38.8 Å². The van der Waals surface area contributed by atoms with Gasteiger partial charge in [-0.2, -0.15) is 4.98 Å². The van der Waals surface area contributed by atoms with Crippen molar-refractivity contribution in [2.45, 2.75) is 74.4 Å². The maximum atomic E-state index is 14.4. The van der Waals surface area contributed by atoms with Crippen LogP contribution in [-0.2, 0) is 47.8 Å². The van der Waals surface area contributed by atoms with Crippen molar-refractivity contribution in [2.75, 3.05) is 38.1 Å². The molecule has 1 unspecified atom stereocenters. The minimum Gasteiger partial charge on any atom is -0.497 e. The largest absolute Gasteiger partial charge is 0.697 e. The van der Waals surface area contributed by atoms with E-state index in [1.807, 2.05) is 54.6 Å². The average molecular weight is 1160 g/mol. The highest BCUT2D eigenvalue weighted by atomic mass is 31.1. The fourth-order valence-corrected chi connectivity index (χ4v) is 10.6. The Morgan fingerprint density at radius 3 is 1.79 bits per heavy atom. The molecule has 5 heterocycles. The van der Waals surface area contributed by atoms with Gasteiger partial charge < -0.3 is 54.1 Å². The number of hydrogen-bond acceptors (Lipinski definition) is 20. The summed E-state index contributed by atoms with van der Waals surface area (Å²) in [5.41, 5.74) is 0.534. The van der Waals surface area contributed by atoms with E-state index in [4.69, 9.17) is 37.5 Å². The van der Waals surface area contributed by atoms with Gasteiger partial charge in [0.2, 0.25) is 0 Å². The molecule has 0 spiro atoms. The number of aromatic nitrogens is 6. The number of ether oxygens (including phenoxy) is 6. The molecule has 2 saturated heterocycles. The number of nitrogens with zero attached hydrogens (tertiary/aromatic N) is 6. The van der Waals surface area contributed by atoms with Crippen LogP contribution in [-0.4, -0.2) is 127 Å². The quantitative estimate of drug-likeness (QED) is 0.0303. The molecule has 0 radical (unpaired) electrons. The van der Waals surface area contributed by atoms with Crippen LogP contribution in [0.2, 0.25) is 0 Å². The second-order valence-corrected chi connectivity index (χ2v) is 20.3. The predicted molar refractivity (Wildman–Crippen MR) is 299 cm³/mol. The number of amides is 2. The molecule has 10 rings (SSSR count). The monoisotopic (exact) mass is 1160 g/mol. The molecule has 2 aliphatic rings. The highest BCUT2D eigenvalue weighted by Crippen LogP contribution is 2.45. The van der Waals surface area contributed by atoms with Crippen molar-refractivity contribution in [3.8, 4) is 11.5 Å². The molecule has 84 heavy (non-hydrogen) atoms. The van der Waals surface area contributed by atoms with Crippen LogP contribution < -0.4 is 25.8 Å². The summed E-state index contributed by atoms with van der Waals surface area (Å²) in [7, 11) is -0.206. The number of aliphatic hydroxyl groups excluding tert-OH is 2. The molecule has 0 aliphatic carbocycles. The van der Waals surface area contributed by atoms with Gasteiger partial charge >= 0.3 is 19.9 Å². The van der Waals surface area contributed by atoms with E-state index in [2.05, 4.69) is 30.6 Å². The number of nitrogens with one attached hydrogen (secondary N) is 2.